The van der Waals surface area contributed by atoms with Gasteiger partial charge in [-0.15, -0.1) is 16.8 Å². The van der Waals surface area contributed by atoms with Crippen molar-refractivity contribution in [3.05, 3.63) is 35.9 Å². The van der Waals surface area contributed by atoms with Crippen molar-refractivity contribution in [2.24, 2.45) is 5.92 Å². The van der Waals surface area contributed by atoms with E-state index in [2.05, 4.69) is 5.32 Å². The van der Waals surface area contributed by atoms with Crippen molar-refractivity contribution >= 4 is 29.7 Å². The molecule has 168 valence electrons. The standard InChI is InChI=1S/C21H33N3O5S/c1-15(2)11-12-17(25)18(26)24(29)20(28)23(19(27)22-5)14-21(3,4)30-13-16-9-7-6-8-10-16/h6-10,15,17,25,29H,11-14H2,1-5H3,(H,22,27)/t17-/m0/s1. The Hall–Kier alpha value is -2.10. The Morgan fingerprint density at radius 3 is 2.27 bits per heavy atom. The van der Waals surface area contributed by atoms with Crippen molar-refractivity contribution in [2.75, 3.05) is 13.6 Å². The first-order valence-corrected chi connectivity index (χ1v) is 10.9. The first-order chi connectivity index (χ1) is 14.0. The maximum atomic E-state index is 12.7. The highest BCUT2D eigenvalue weighted by atomic mass is 32.2. The summed E-state index contributed by atoms with van der Waals surface area (Å²) in [5.74, 6) is -0.233. The molecule has 0 fully saturated rings. The molecule has 0 aliphatic heterocycles. The normalized spacial score (nSPS) is 12.4. The average Bonchev–Trinajstić information content (AvgIpc) is 2.73. The number of aliphatic hydroxyl groups is 1. The summed E-state index contributed by atoms with van der Waals surface area (Å²) < 4.78 is -0.557. The van der Waals surface area contributed by atoms with Gasteiger partial charge in [-0.3, -0.25) is 10.0 Å². The van der Waals surface area contributed by atoms with Gasteiger partial charge < -0.3 is 10.4 Å². The average molecular weight is 440 g/mol. The number of nitrogens with zero attached hydrogens (tertiary/aromatic N) is 2. The molecule has 0 aromatic heterocycles. The Labute approximate surface area is 182 Å². The number of imide groups is 2. The Kier molecular flexibility index (Phi) is 10.3. The molecule has 3 N–H and O–H groups in total. The highest BCUT2D eigenvalue weighted by Crippen LogP contribution is 2.29. The second-order valence-electron chi connectivity index (χ2n) is 8.09. The maximum Gasteiger partial charge on any atom is 0.359 e. The van der Waals surface area contributed by atoms with Crippen LogP contribution in [0, 0.1) is 5.92 Å². The lowest BCUT2D eigenvalue weighted by atomic mass is 10.0. The molecule has 9 heteroatoms. The highest BCUT2D eigenvalue weighted by molar-refractivity contribution is 7.99. The van der Waals surface area contributed by atoms with Crippen LogP contribution in [-0.2, 0) is 10.5 Å². The number of carbonyl (C=O) groups excluding carboxylic acids is 3. The second kappa shape index (κ2) is 11.9. The second-order valence-corrected chi connectivity index (χ2v) is 9.78. The van der Waals surface area contributed by atoms with Crippen molar-refractivity contribution in [3.8, 4) is 0 Å². The summed E-state index contributed by atoms with van der Waals surface area (Å²) >= 11 is 1.53. The third kappa shape index (κ3) is 8.33. The van der Waals surface area contributed by atoms with Gasteiger partial charge >= 0.3 is 12.1 Å². The van der Waals surface area contributed by atoms with Crippen LogP contribution in [0.25, 0.3) is 0 Å². The molecule has 1 aromatic carbocycles. The summed E-state index contributed by atoms with van der Waals surface area (Å²) in [4.78, 5) is 38.0. The minimum absolute atomic E-state index is 0.0462. The van der Waals surface area contributed by atoms with Gasteiger partial charge in [0.25, 0.3) is 5.91 Å². The van der Waals surface area contributed by atoms with Crippen molar-refractivity contribution in [3.63, 3.8) is 0 Å². The summed E-state index contributed by atoms with van der Waals surface area (Å²) in [7, 11) is 1.35. The Balaban J connectivity index is 2.84. The van der Waals surface area contributed by atoms with Gasteiger partial charge in [-0.2, -0.15) is 0 Å². The van der Waals surface area contributed by atoms with Crippen molar-refractivity contribution in [2.45, 2.75) is 57.1 Å². The van der Waals surface area contributed by atoms with E-state index in [-0.39, 0.29) is 23.9 Å². The predicted molar refractivity (Wildman–Crippen MR) is 117 cm³/mol. The molecule has 30 heavy (non-hydrogen) atoms. The fourth-order valence-corrected chi connectivity index (χ4v) is 3.58. The van der Waals surface area contributed by atoms with Crippen LogP contribution in [0.5, 0.6) is 0 Å². The van der Waals surface area contributed by atoms with Crippen LogP contribution in [0.1, 0.15) is 46.1 Å². The van der Waals surface area contributed by atoms with E-state index >= 15 is 0 Å². The first kappa shape index (κ1) is 25.9. The van der Waals surface area contributed by atoms with E-state index in [0.717, 1.165) is 10.5 Å². The summed E-state index contributed by atoms with van der Waals surface area (Å²) in [5.41, 5.74) is 1.10. The maximum absolute atomic E-state index is 12.7. The summed E-state index contributed by atoms with van der Waals surface area (Å²) in [5, 5.41) is 22.2. The number of aliphatic hydroxyl groups excluding tert-OH is 1. The first-order valence-electron chi connectivity index (χ1n) is 9.90. The molecule has 0 radical (unpaired) electrons. The van der Waals surface area contributed by atoms with Crippen LogP contribution in [-0.4, -0.2) is 62.7 Å². The van der Waals surface area contributed by atoms with Crippen molar-refractivity contribution in [1.82, 2.24) is 15.3 Å². The molecule has 0 heterocycles. The van der Waals surface area contributed by atoms with Gasteiger partial charge in [0.15, 0.2) is 0 Å². The largest absolute Gasteiger partial charge is 0.383 e. The lowest BCUT2D eigenvalue weighted by molar-refractivity contribution is -0.164. The number of rotatable bonds is 9. The molecular weight excluding hydrogens is 406 g/mol. The number of urea groups is 2. The van der Waals surface area contributed by atoms with Gasteiger partial charge in [0.05, 0.1) is 0 Å². The van der Waals surface area contributed by atoms with Gasteiger partial charge in [-0.1, -0.05) is 44.2 Å². The molecule has 0 spiro atoms. The molecular formula is C21H33N3O5S. The lowest BCUT2D eigenvalue weighted by Crippen LogP contribution is -2.55. The van der Waals surface area contributed by atoms with Crippen LogP contribution < -0.4 is 5.32 Å². The molecule has 0 aliphatic carbocycles. The summed E-state index contributed by atoms with van der Waals surface area (Å²) in [6.07, 6.45) is -0.857. The number of hydrogen-bond donors (Lipinski definition) is 3. The molecule has 1 atom stereocenters. The number of benzene rings is 1. The Morgan fingerprint density at radius 2 is 1.73 bits per heavy atom. The van der Waals surface area contributed by atoms with E-state index in [0.29, 0.717) is 12.2 Å². The van der Waals surface area contributed by atoms with Crippen LogP contribution in [0.2, 0.25) is 0 Å². The quantitative estimate of drug-likeness (QED) is 0.401. The molecule has 0 aliphatic rings. The fraction of sp³-hybridized carbons (Fsp3) is 0.571. The number of nitrogens with one attached hydrogen (secondary N) is 1. The van der Waals surface area contributed by atoms with Gasteiger partial charge in [0.2, 0.25) is 0 Å². The van der Waals surface area contributed by atoms with E-state index in [1.54, 1.807) is 0 Å². The van der Waals surface area contributed by atoms with E-state index in [1.807, 2.05) is 58.0 Å². The Morgan fingerprint density at radius 1 is 1.13 bits per heavy atom. The number of thioether (sulfide) groups is 1. The lowest BCUT2D eigenvalue weighted by Gasteiger charge is -2.32. The minimum atomic E-state index is -1.52. The molecule has 1 aromatic rings. The molecule has 8 nitrogen and oxygen atoms in total. The highest BCUT2D eigenvalue weighted by Gasteiger charge is 2.36. The van der Waals surface area contributed by atoms with E-state index in [4.69, 9.17) is 0 Å². The Bertz CT molecular complexity index is 712. The fourth-order valence-electron chi connectivity index (χ4n) is 2.61. The van der Waals surface area contributed by atoms with Gasteiger partial charge in [0, 0.05) is 24.1 Å². The summed E-state index contributed by atoms with van der Waals surface area (Å²) in [6.45, 7) is 7.55. The van der Waals surface area contributed by atoms with Crippen LogP contribution in [0.4, 0.5) is 9.59 Å². The molecule has 0 saturated heterocycles. The number of hydroxylamine groups is 2. The molecule has 0 unspecified atom stereocenters. The van der Waals surface area contributed by atoms with Crippen LogP contribution in [0.3, 0.4) is 0 Å². The van der Waals surface area contributed by atoms with Gasteiger partial charge in [0.1, 0.15) is 6.10 Å². The smallest absolute Gasteiger partial charge is 0.359 e. The van der Waals surface area contributed by atoms with E-state index in [9.17, 15) is 24.7 Å². The van der Waals surface area contributed by atoms with Crippen LogP contribution >= 0.6 is 11.8 Å². The van der Waals surface area contributed by atoms with E-state index < -0.39 is 28.8 Å². The van der Waals surface area contributed by atoms with E-state index in [1.165, 1.54) is 18.8 Å². The zero-order valence-electron chi connectivity index (χ0n) is 18.3. The zero-order valence-corrected chi connectivity index (χ0v) is 19.1. The summed E-state index contributed by atoms with van der Waals surface area (Å²) in [6, 6.07) is 7.81. The molecule has 1 rings (SSSR count). The minimum Gasteiger partial charge on any atom is -0.383 e. The SMILES string of the molecule is CNC(=O)N(CC(C)(C)SCc1ccccc1)C(=O)N(O)C(=O)[C@@H](O)CCC(C)C. The van der Waals surface area contributed by atoms with Gasteiger partial charge in [-0.05, 0) is 38.2 Å². The number of hydrogen-bond acceptors (Lipinski definition) is 6. The monoisotopic (exact) mass is 439 g/mol. The molecule has 5 amide bonds. The van der Waals surface area contributed by atoms with Crippen LogP contribution in [0.15, 0.2) is 30.3 Å². The molecule has 0 bridgehead atoms. The number of amides is 5. The van der Waals surface area contributed by atoms with Crippen molar-refractivity contribution in [1.29, 1.82) is 0 Å². The van der Waals surface area contributed by atoms with Crippen molar-refractivity contribution < 1.29 is 24.7 Å². The zero-order chi connectivity index (χ0) is 22.9. The molecule has 0 saturated carbocycles. The topological polar surface area (TPSA) is 110 Å². The predicted octanol–water partition coefficient (Wildman–Crippen LogP) is 3.47. The number of carbonyl (C=O) groups is 3. The third-order valence-corrected chi connectivity index (χ3v) is 5.78. The van der Waals surface area contributed by atoms with Gasteiger partial charge in [-0.25, -0.2) is 14.5 Å². The third-order valence-electron chi connectivity index (χ3n) is 4.39.